The second kappa shape index (κ2) is 6.97. The van der Waals surface area contributed by atoms with Gasteiger partial charge >= 0.3 is 0 Å². The van der Waals surface area contributed by atoms with E-state index in [4.69, 9.17) is 17.3 Å². The molecule has 1 aliphatic heterocycles. The Labute approximate surface area is 136 Å². The van der Waals surface area contributed by atoms with E-state index in [-0.39, 0.29) is 5.95 Å². The van der Waals surface area contributed by atoms with Crippen LogP contribution >= 0.6 is 11.6 Å². The molecule has 0 radical (unpaired) electrons. The molecule has 1 fully saturated rings. The minimum Gasteiger partial charge on any atom is -0.368 e. The third-order valence-corrected chi connectivity index (χ3v) is 4.51. The lowest BCUT2D eigenvalue weighted by molar-refractivity contribution is 0.381. The van der Waals surface area contributed by atoms with Gasteiger partial charge in [-0.1, -0.05) is 41.9 Å². The minimum atomic E-state index is 0.244. The zero-order valence-electron chi connectivity index (χ0n) is 12.6. The summed E-state index contributed by atoms with van der Waals surface area (Å²) in [5, 5.41) is 0.411. The number of aryl methyl sites for hydroxylation is 1. The number of nitrogens with two attached hydrogens (primary N) is 1. The van der Waals surface area contributed by atoms with Gasteiger partial charge < -0.3 is 10.6 Å². The Morgan fingerprint density at radius 3 is 2.55 bits per heavy atom. The van der Waals surface area contributed by atoms with E-state index >= 15 is 0 Å². The van der Waals surface area contributed by atoms with Crippen molar-refractivity contribution in [3.05, 3.63) is 47.1 Å². The molecular formula is C17H21ClN4. The Bertz CT molecular complexity index is 589. The maximum Gasteiger partial charge on any atom is 0.223 e. The Hall–Kier alpha value is -1.81. The zero-order chi connectivity index (χ0) is 15.4. The molecule has 116 valence electrons. The molecule has 2 N–H and O–H groups in total. The van der Waals surface area contributed by atoms with Crippen LogP contribution in [0.1, 0.15) is 24.8 Å². The van der Waals surface area contributed by atoms with Crippen molar-refractivity contribution in [1.29, 1.82) is 0 Å². The third kappa shape index (κ3) is 3.89. The number of halogens is 1. The molecule has 0 saturated carbocycles. The van der Waals surface area contributed by atoms with Gasteiger partial charge in [0.05, 0.1) is 0 Å². The van der Waals surface area contributed by atoms with E-state index in [0.29, 0.717) is 5.15 Å². The fourth-order valence-electron chi connectivity index (χ4n) is 3.05. The molecule has 0 aliphatic carbocycles. The van der Waals surface area contributed by atoms with Crippen molar-refractivity contribution in [2.24, 2.45) is 5.92 Å². The predicted octanol–water partition coefficient (Wildman–Crippen LogP) is 3.56. The van der Waals surface area contributed by atoms with Crippen LogP contribution in [0.25, 0.3) is 0 Å². The van der Waals surface area contributed by atoms with Gasteiger partial charge in [0, 0.05) is 19.2 Å². The first-order valence-corrected chi connectivity index (χ1v) is 8.17. The molecule has 4 nitrogen and oxygen atoms in total. The number of hydrogen-bond donors (Lipinski definition) is 1. The summed E-state index contributed by atoms with van der Waals surface area (Å²) < 4.78 is 0. The number of nitrogens with zero attached hydrogens (tertiary/aromatic N) is 3. The van der Waals surface area contributed by atoms with Gasteiger partial charge in [-0.25, -0.2) is 4.98 Å². The van der Waals surface area contributed by atoms with Crippen LogP contribution in [0.4, 0.5) is 11.8 Å². The van der Waals surface area contributed by atoms with E-state index in [0.717, 1.165) is 31.2 Å². The number of aromatic nitrogens is 2. The SMILES string of the molecule is Nc1nc(Cl)cc(N2CCC(CCc3ccccc3)CC2)n1. The largest absolute Gasteiger partial charge is 0.368 e. The number of piperidine rings is 1. The molecule has 2 heterocycles. The van der Waals surface area contributed by atoms with Crippen LogP contribution in [0.3, 0.4) is 0 Å². The highest BCUT2D eigenvalue weighted by molar-refractivity contribution is 6.29. The second-order valence-corrected chi connectivity index (χ2v) is 6.25. The molecule has 1 aliphatic rings. The van der Waals surface area contributed by atoms with Gasteiger partial charge in [-0.15, -0.1) is 0 Å². The van der Waals surface area contributed by atoms with Crippen molar-refractivity contribution in [1.82, 2.24) is 9.97 Å². The van der Waals surface area contributed by atoms with Crippen LogP contribution in [-0.4, -0.2) is 23.1 Å². The van der Waals surface area contributed by atoms with Gasteiger partial charge in [0.2, 0.25) is 5.95 Å². The van der Waals surface area contributed by atoms with Crippen molar-refractivity contribution in [3.8, 4) is 0 Å². The number of nitrogen functional groups attached to an aromatic ring is 1. The standard InChI is InChI=1S/C17H21ClN4/c18-15-12-16(21-17(19)20-15)22-10-8-14(9-11-22)7-6-13-4-2-1-3-5-13/h1-5,12,14H,6-11H2,(H2,19,20,21). The van der Waals surface area contributed by atoms with Crippen LogP contribution in [0.5, 0.6) is 0 Å². The fraction of sp³-hybridized carbons (Fsp3) is 0.412. The van der Waals surface area contributed by atoms with Gasteiger partial charge in [0.25, 0.3) is 0 Å². The summed E-state index contributed by atoms with van der Waals surface area (Å²) in [5.41, 5.74) is 7.10. The predicted molar refractivity (Wildman–Crippen MR) is 91.2 cm³/mol. The molecule has 0 spiro atoms. The molecular weight excluding hydrogens is 296 g/mol. The molecule has 0 atom stereocenters. The lowest BCUT2D eigenvalue weighted by atomic mass is 9.90. The lowest BCUT2D eigenvalue weighted by Crippen LogP contribution is -2.34. The highest BCUT2D eigenvalue weighted by Gasteiger charge is 2.20. The summed E-state index contributed by atoms with van der Waals surface area (Å²) in [5.74, 6) is 1.87. The van der Waals surface area contributed by atoms with E-state index in [9.17, 15) is 0 Å². The molecule has 1 aromatic carbocycles. The Morgan fingerprint density at radius 2 is 1.86 bits per heavy atom. The van der Waals surface area contributed by atoms with Crippen molar-refractivity contribution in [3.63, 3.8) is 0 Å². The van der Waals surface area contributed by atoms with Crippen LogP contribution in [-0.2, 0) is 6.42 Å². The highest BCUT2D eigenvalue weighted by atomic mass is 35.5. The van der Waals surface area contributed by atoms with Crippen molar-refractivity contribution >= 4 is 23.4 Å². The number of hydrogen-bond acceptors (Lipinski definition) is 4. The Morgan fingerprint density at radius 1 is 1.14 bits per heavy atom. The summed E-state index contributed by atoms with van der Waals surface area (Å²) in [6.07, 6.45) is 4.80. The van der Waals surface area contributed by atoms with Gasteiger partial charge in [-0.05, 0) is 37.2 Å². The third-order valence-electron chi connectivity index (χ3n) is 4.32. The Kier molecular flexibility index (Phi) is 4.78. The number of rotatable bonds is 4. The monoisotopic (exact) mass is 316 g/mol. The minimum absolute atomic E-state index is 0.244. The quantitative estimate of drug-likeness (QED) is 0.876. The maximum atomic E-state index is 5.96. The summed E-state index contributed by atoms with van der Waals surface area (Å²) in [7, 11) is 0. The topological polar surface area (TPSA) is 55.0 Å². The van der Waals surface area contributed by atoms with Crippen molar-refractivity contribution in [2.75, 3.05) is 23.7 Å². The van der Waals surface area contributed by atoms with Crippen LogP contribution < -0.4 is 10.6 Å². The molecule has 3 rings (SSSR count). The van der Waals surface area contributed by atoms with Crippen LogP contribution in [0.2, 0.25) is 5.15 Å². The summed E-state index contributed by atoms with van der Waals surface area (Å²) >= 11 is 5.96. The number of benzene rings is 1. The van der Waals surface area contributed by atoms with E-state index in [1.807, 2.05) is 0 Å². The smallest absolute Gasteiger partial charge is 0.223 e. The zero-order valence-corrected chi connectivity index (χ0v) is 13.3. The van der Waals surface area contributed by atoms with Crippen LogP contribution in [0, 0.1) is 5.92 Å². The average molecular weight is 317 g/mol. The molecule has 1 saturated heterocycles. The first kappa shape index (κ1) is 15.1. The molecule has 1 aromatic heterocycles. The summed E-state index contributed by atoms with van der Waals surface area (Å²) in [6, 6.07) is 12.5. The number of anilines is 2. The maximum absolute atomic E-state index is 5.96. The van der Waals surface area contributed by atoms with Crippen molar-refractivity contribution < 1.29 is 0 Å². The van der Waals surface area contributed by atoms with Gasteiger partial charge in [0.15, 0.2) is 0 Å². The van der Waals surface area contributed by atoms with E-state index in [2.05, 4.69) is 45.2 Å². The molecule has 22 heavy (non-hydrogen) atoms. The lowest BCUT2D eigenvalue weighted by Gasteiger charge is -2.33. The summed E-state index contributed by atoms with van der Waals surface area (Å²) in [4.78, 5) is 10.4. The molecule has 0 unspecified atom stereocenters. The van der Waals surface area contributed by atoms with Gasteiger partial charge in [-0.2, -0.15) is 4.98 Å². The van der Waals surface area contributed by atoms with Crippen LogP contribution in [0.15, 0.2) is 36.4 Å². The molecule has 0 amide bonds. The summed E-state index contributed by atoms with van der Waals surface area (Å²) in [6.45, 7) is 2.01. The van der Waals surface area contributed by atoms with E-state index < -0.39 is 0 Å². The van der Waals surface area contributed by atoms with Gasteiger partial charge in [-0.3, -0.25) is 0 Å². The van der Waals surface area contributed by atoms with Gasteiger partial charge in [0.1, 0.15) is 11.0 Å². The Balaban J connectivity index is 1.52. The van der Waals surface area contributed by atoms with Crippen molar-refractivity contribution in [2.45, 2.75) is 25.7 Å². The highest BCUT2D eigenvalue weighted by Crippen LogP contribution is 2.26. The molecule has 2 aromatic rings. The molecule has 5 heteroatoms. The second-order valence-electron chi connectivity index (χ2n) is 5.86. The average Bonchev–Trinajstić information content (AvgIpc) is 2.53. The molecule has 0 bridgehead atoms. The van der Waals surface area contributed by atoms with E-state index in [1.165, 1.54) is 24.8 Å². The van der Waals surface area contributed by atoms with E-state index in [1.54, 1.807) is 6.07 Å². The first-order chi connectivity index (χ1) is 10.7. The normalized spacial score (nSPS) is 16.0. The first-order valence-electron chi connectivity index (χ1n) is 7.79. The fourth-order valence-corrected chi connectivity index (χ4v) is 3.24.